The van der Waals surface area contributed by atoms with E-state index in [1.807, 2.05) is 0 Å². The fraction of sp³-hybridized carbons (Fsp3) is 0.923. The summed E-state index contributed by atoms with van der Waals surface area (Å²) in [6.07, 6.45) is 4.31. The molecular weight excluding hydrogens is 236 g/mol. The van der Waals surface area contributed by atoms with E-state index >= 15 is 0 Å². The quantitative estimate of drug-likeness (QED) is 0.843. The Morgan fingerprint density at radius 2 is 2.18 bits per heavy atom. The summed E-state index contributed by atoms with van der Waals surface area (Å²) in [5, 5.41) is 3.40. The summed E-state index contributed by atoms with van der Waals surface area (Å²) in [7, 11) is 0. The molecule has 2 atom stereocenters. The second kappa shape index (κ2) is 6.60. The van der Waals surface area contributed by atoms with E-state index in [-0.39, 0.29) is 12.4 Å². The van der Waals surface area contributed by atoms with Crippen molar-refractivity contribution < 1.29 is 4.79 Å². The second-order valence-corrected chi connectivity index (χ2v) is 5.63. The standard InChI is InChI=1S/C13H24N2O.ClH/c1-10(2)11-5-7-15(9-11)13(16)8-12-4-3-6-14-12;/h10-12,14H,3-9H2,1-2H3;1H. The number of carbonyl (C=O) groups excluding carboxylic acids is 1. The van der Waals surface area contributed by atoms with Gasteiger partial charge in [-0.2, -0.15) is 0 Å². The Hall–Kier alpha value is -0.280. The van der Waals surface area contributed by atoms with Gasteiger partial charge in [0.25, 0.3) is 0 Å². The van der Waals surface area contributed by atoms with E-state index in [2.05, 4.69) is 24.1 Å². The Bertz CT molecular complexity index is 252. The molecule has 2 fully saturated rings. The molecular formula is C13H25ClN2O. The largest absolute Gasteiger partial charge is 0.342 e. The predicted octanol–water partition coefficient (Wildman–Crippen LogP) is 2.05. The lowest BCUT2D eigenvalue weighted by molar-refractivity contribution is -0.130. The molecule has 2 aliphatic heterocycles. The maximum atomic E-state index is 12.1. The Morgan fingerprint density at radius 3 is 2.71 bits per heavy atom. The van der Waals surface area contributed by atoms with Crippen molar-refractivity contribution in [2.45, 2.75) is 45.6 Å². The zero-order valence-electron chi connectivity index (χ0n) is 10.9. The zero-order chi connectivity index (χ0) is 11.5. The van der Waals surface area contributed by atoms with E-state index in [4.69, 9.17) is 0 Å². The van der Waals surface area contributed by atoms with Gasteiger partial charge in [0.15, 0.2) is 0 Å². The number of rotatable bonds is 3. The molecule has 3 nitrogen and oxygen atoms in total. The molecule has 4 heteroatoms. The fourth-order valence-electron chi connectivity index (χ4n) is 2.83. The van der Waals surface area contributed by atoms with Gasteiger partial charge in [0, 0.05) is 25.6 Å². The zero-order valence-corrected chi connectivity index (χ0v) is 11.8. The topological polar surface area (TPSA) is 32.3 Å². The van der Waals surface area contributed by atoms with Crippen LogP contribution in [0.4, 0.5) is 0 Å². The SMILES string of the molecule is CC(C)C1CCN(C(=O)CC2CCCN2)C1.Cl. The average molecular weight is 261 g/mol. The van der Waals surface area contributed by atoms with Crippen molar-refractivity contribution in [3.05, 3.63) is 0 Å². The van der Waals surface area contributed by atoms with E-state index in [0.29, 0.717) is 24.3 Å². The molecule has 0 aromatic rings. The van der Waals surface area contributed by atoms with Crippen molar-refractivity contribution in [3.8, 4) is 0 Å². The molecule has 0 aromatic carbocycles. The highest BCUT2D eigenvalue weighted by Crippen LogP contribution is 2.24. The summed E-state index contributed by atoms with van der Waals surface area (Å²) >= 11 is 0. The number of nitrogens with one attached hydrogen (secondary N) is 1. The lowest BCUT2D eigenvalue weighted by atomic mass is 9.95. The van der Waals surface area contributed by atoms with Gasteiger partial charge < -0.3 is 10.2 Å². The van der Waals surface area contributed by atoms with Crippen molar-refractivity contribution in [2.75, 3.05) is 19.6 Å². The van der Waals surface area contributed by atoms with Crippen LogP contribution >= 0.6 is 12.4 Å². The van der Waals surface area contributed by atoms with Crippen LogP contribution in [0.2, 0.25) is 0 Å². The first-order valence-corrected chi connectivity index (χ1v) is 6.68. The lowest BCUT2D eigenvalue weighted by Gasteiger charge is -2.20. The molecule has 100 valence electrons. The third kappa shape index (κ3) is 3.85. The van der Waals surface area contributed by atoms with Crippen LogP contribution in [0.25, 0.3) is 0 Å². The highest BCUT2D eigenvalue weighted by Gasteiger charge is 2.29. The number of hydrogen-bond donors (Lipinski definition) is 1. The molecule has 0 aliphatic carbocycles. The number of likely N-dealkylation sites (tertiary alicyclic amines) is 1. The highest BCUT2D eigenvalue weighted by molar-refractivity contribution is 5.85. The maximum absolute atomic E-state index is 12.1. The minimum atomic E-state index is 0. The molecule has 0 saturated carbocycles. The smallest absolute Gasteiger partial charge is 0.224 e. The third-order valence-electron chi connectivity index (χ3n) is 4.10. The summed E-state index contributed by atoms with van der Waals surface area (Å²) in [6.45, 7) is 7.58. The molecule has 0 spiro atoms. The summed E-state index contributed by atoms with van der Waals surface area (Å²) in [6, 6.07) is 0.450. The first-order valence-electron chi connectivity index (χ1n) is 6.68. The van der Waals surface area contributed by atoms with Gasteiger partial charge >= 0.3 is 0 Å². The number of amides is 1. The first kappa shape index (κ1) is 14.8. The summed E-state index contributed by atoms with van der Waals surface area (Å²) in [5.41, 5.74) is 0. The maximum Gasteiger partial charge on any atom is 0.224 e. The van der Waals surface area contributed by atoms with Crippen LogP contribution in [0.15, 0.2) is 0 Å². The Morgan fingerprint density at radius 1 is 1.41 bits per heavy atom. The van der Waals surface area contributed by atoms with Gasteiger partial charge in [-0.1, -0.05) is 13.8 Å². The number of hydrogen-bond acceptors (Lipinski definition) is 2. The normalized spacial score (nSPS) is 28.5. The summed E-state index contributed by atoms with van der Waals surface area (Å²) in [4.78, 5) is 14.1. The summed E-state index contributed by atoms with van der Waals surface area (Å²) < 4.78 is 0. The Labute approximate surface area is 111 Å². The highest BCUT2D eigenvalue weighted by atomic mass is 35.5. The fourth-order valence-corrected chi connectivity index (χ4v) is 2.83. The molecule has 2 aliphatic rings. The molecule has 2 heterocycles. The molecule has 0 bridgehead atoms. The molecule has 2 rings (SSSR count). The van der Waals surface area contributed by atoms with Gasteiger partial charge in [-0.25, -0.2) is 0 Å². The van der Waals surface area contributed by atoms with Crippen molar-refractivity contribution in [2.24, 2.45) is 11.8 Å². The van der Waals surface area contributed by atoms with Crippen LogP contribution in [-0.4, -0.2) is 36.5 Å². The van der Waals surface area contributed by atoms with Crippen LogP contribution in [0, 0.1) is 11.8 Å². The van der Waals surface area contributed by atoms with Crippen LogP contribution < -0.4 is 5.32 Å². The molecule has 2 saturated heterocycles. The van der Waals surface area contributed by atoms with Gasteiger partial charge in [-0.15, -0.1) is 12.4 Å². The molecule has 17 heavy (non-hydrogen) atoms. The molecule has 2 unspecified atom stereocenters. The number of nitrogens with zero attached hydrogens (tertiary/aromatic N) is 1. The predicted molar refractivity (Wildman–Crippen MR) is 72.4 cm³/mol. The summed E-state index contributed by atoms with van der Waals surface area (Å²) in [5.74, 6) is 1.80. The van der Waals surface area contributed by atoms with E-state index in [1.165, 1.54) is 19.3 Å². The van der Waals surface area contributed by atoms with Gasteiger partial charge in [0.1, 0.15) is 0 Å². The Kier molecular flexibility index (Phi) is 5.74. The van der Waals surface area contributed by atoms with Crippen LogP contribution in [-0.2, 0) is 4.79 Å². The minimum absolute atomic E-state index is 0. The van der Waals surface area contributed by atoms with Crippen LogP contribution in [0.5, 0.6) is 0 Å². The molecule has 0 aromatic heterocycles. The molecule has 1 amide bonds. The van der Waals surface area contributed by atoms with Crippen LogP contribution in [0.3, 0.4) is 0 Å². The van der Waals surface area contributed by atoms with E-state index < -0.39 is 0 Å². The second-order valence-electron chi connectivity index (χ2n) is 5.63. The van der Waals surface area contributed by atoms with E-state index in [0.717, 1.165) is 25.6 Å². The lowest BCUT2D eigenvalue weighted by Crippen LogP contribution is -2.34. The minimum Gasteiger partial charge on any atom is -0.342 e. The number of carbonyl (C=O) groups is 1. The number of halogens is 1. The van der Waals surface area contributed by atoms with Gasteiger partial charge in [-0.05, 0) is 37.6 Å². The monoisotopic (exact) mass is 260 g/mol. The van der Waals surface area contributed by atoms with Gasteiger partial charge in [0.05, 0.1) is 0 Å². The molecule has 1 N–H and O–H groups in total. The third-order valence-corrected chi connectivity index (χ3v) is 4.10. The van der Waals surface area contributed by atoms with Crippen molar-refractivity contribution >= 4 is 18.3 Å². The molecule has 0 radical (unpaired) electrons. The van der Waals surface area contributed by atoms with Crippen molar-refractivity contribution in [1.82, 2.24) is 10.2 Å². The van der Waals surface area contributed by atoms with Gasteiger partial charge in [-0.3, -0.25) is 4.79 Å². The van der Waals surface area contributed by atoms with Crippen molar-refractivity contribution in [3.63, 3.8) is 0 Å². The van der Waals surface area contributed by atoms with Crippen molar-refractivity contribution in [1.29, 1.82) is 0 Å². The average Bonchev–Trinajstić information content (AvgIpc) is 2.86. The van der Waals surface area contributed by atoms with E-state index in [1.54, 1.807) is 0 Å². The van der Waals surface area contributed by atoms with E-state index in [9.17, 15) is 4.79 Å². The van der Waals surface area contributed by atoms with Gasteiger partial charge in [0.2, 0.25) is 5.91 Å². The van der Waals surface area contributed by atoms with Crippen LogP contribution in [0.1, 0.15) is 39.5 Å². The first-order chi connectivity index (χ1) is 7.66. The Balaban J connectivity index is 0.00000144.